The van der Waals surface area contributed by atoms with Crippen molar-refractivity contribution in [3.63, 3.8) is 0 Å². The predicted octanol–water partition coefficient (Wildman–Crippen LogP) is 3.20. The van der Waals surface area contributed by atoms with E-state index < -0.39 is 0 Å². The summed E-state index contributed by atoms with van der Waals surface area (Å²) in [7, 11) is 0. The van der Waals surface area contributed by atoms with Gasteiger partial charge in [-0.2, -0.15) is 0 Å². The van der Waals surface area contributed by atoms with E-state index in [2.05, 4.69) is 44.2 Å². The highest BCUT2D eigenvalue weighted by Gasteiger charge is 2.51. The molecule has 0 aromatic heterocycles. The van der Waals surface area contributed by atoms with Crippen molar-refractivity contribution in [1.29, 1.82) is 0 Å². The van der Waals surface area contributed by atoms with Gasteiger partial charge in [0.15, 0.2) is 0 Å². The normalized spacial score (nSPS) is 31.3. The molecule has 0 radical (unpaired) electrons. The van der Waals surface area contributed by atoms with Crippen molar-refractivity contribution in [3.8, 4) is 0 Å². The molecule has 1 aliphatic carbocycles. The highest BCUT2D eigenvalue weighted by atomic mass is 16.3. The molecule has 1 saturated carbocycles. The molecule has 82 valence electrons. The minimum Gasteiger partial charge on any atom is -0.396 e. The molecule has 1 fully saturated rings. The fourth-order valence-corrected chi connectivity index (χ4v) is 2.76. The number of hydrogen-bond donors (Lipinski definition) is 1. The van der Waals surface area contributed by atoms with Gasteiger partial charge in [-0.1, -0.05) is 44.2 Å². The standard InChI is InChI=1S/C14H20O/c1-11(12-6-4-3-5-7-12)13-10-14(13,2)8-9-15/h3-7,11,13,15H,8-10H2,1-2H3/t11?,13-,14-/m0/s1. The summed E-state index contributed by atoms with van der Waals surface area (Å²) in [5, 5.41) is 9.01. The molecule has 0 aliphatic heterocycles. The minimum atomic E-state index is 0.328. The maximum absolute atomic E-state index is 9.01. The van der Waals surface area contributed by atoms with Gasteiger partial charge in [-0.05, 0) is 35.7 Å². The lowest BCUT2D eigenvalue weighted by Crippen LogP contribution is -2.06. The second-order valence-electron chi connectivity index (χ2n) is 5.14. The van der Waals surface area contributed by atoms with Crippen LogP contribution in [-0.4, -0.2) is 11.7 Å². The van der Waals surface area contributed by atoms with Crippen LogP contribution >= 0.6 is 0 Å². The van der Waals surface area contributed by atoms with E-state index in [1.807, 2.05) is 0 Å². The Balaban J connectivity index is 2.03. The van der Waals surface area contributed by atoms with Crippen LogP contribution in [0.2, 0.25) is 0 Å². The fourth-order valence-electron chi connectivity index (χ4n) is 2.76. The lowest BCUT2D eigenvalue weighted by atomic mass is 9.90. The number of benzene rings is 1. The Morgan fingerprint density at radius 3 is 2.67 bits per heavy atom. The van der Waals surface area contributed by atoms with Crippen LogP contribution in [0.25, 0.3) is 0 Å². The summed E-state index contributed by atoms with van der Waals surface area (Å²) in [6.07, 6.45) is 2.22. The molecule has 1 aliphatic rings. The summed E-state index contributed by atoms with van der Waals surface area (Å²) in [6, 6.07) is 10.7. The van der Waals surface area contributed by atoms with Crippen LogP contribution < -0.4 is 0 Å². The van der Waals surface area contributed by atoms with Crippen molar-refractivity contribution in [2.45, 2.75) is 32.6 Å². The molecular weight excluding hydrogens is 184 g/mol. The van der Waals surface area contributed by atoms with Gasteiger partial charge >= 0.3 is 0 Å². The van der Waals surface area contributed by atoms with E-state index in [9.17, 15) is 0 Å². The smallest absolute Gasteiger partial charge is 0.0436 e. The Morgan fingerprint density at radius 2 is 2.07 bits per heavy atom. The number of hydrogen-bond acceptors (Lipinski definition) is 1. The fraction of sp³-hybridized carbons (Fsp3) is 0.571. The molecule has 0 spiro atoms. The summed E-state index contributed by atoms with van der Waals surface area (Å²) in [4.78, 5) is 0. The van der Waals surface area contributed by atoms with Gasteiger partial charge < -0.3 is 5.11 Å². The highest BCUT2D eigenvalue weighted by molar-refractivity contribution is 5.23. The average molecular weight is 204 g/mol. The van der Waals surface area contributed by atoms with E-state index in [0.717, 1.165) is 12.3 Å². The van der Waals surface area contributed by atoms with Crippen LogP contribution in [-0.2, 0) is 0 Å². The molecule has 2 rings (SSSR count). The van der Waals surface area contributed by atoms with E-state index >= 15 is 0 Å². The Morgan fingerprint density at radius 1 is 1.40 bits per heavy atom. The third kappa shape index (κ3) is 2.07. The van der Waals surface area contributed by atoms with Crippen molar-refractivity contribution < 1.29 is 5.11 Å². The van der Waals surface area contributed by atoms with Crippen LogP contribution in [0.5, 0.6) is 0 Å². The van der Waals surface area contributed by atoms with Crippen molar-refractivity contribution in [3.05, 3.63) is 35.9 Å². The van der Waals surface area contributed by atoms with Gasteiger partial charge in [0.05, 0.1) is 0 Å². The quantitative estimate of drug-likeness (QED) is 0.798. The third-order valence-electron chi connectivity index (χ3n) is 4.03. The molecular formula is C14H20O. The Kier molecular flexibility index (Phi) is 2.83. The third-order valence-corrected chi connectivity index (χ3v) is 4.03. The lowest BCUT2D eigenvalue weighted by molar-refractivity contribution is 0.245. The first-order chi connectivity index (χ1) is 7.17. The average Bonchev–Trinajstić information content (AvgIpc) is 2.91. The van der Waals surface area contributed by atoms with Crippen molar-refractivity contribution >= 4 is 0 Å². The molecule has 1 nitrogen and oxygen atoms in total. The van der Waals surface area contributed by atoms with E-state index in [0.29, 0.717) is 17.9 Å². The molecule has 0 heterocycles. The molecule has 1 N–H and O–H groups in total. The molecule has 3 atom stereocenters. The first-order valence-corrected chi connectivity index (χ1v) is 5.83. The minimum absolute atomic E-state index is 0.328. The topological polar surface area (TPSA) is 20.2 Å². The maximum atomic E-state index is 9.01. The second-order valence-corrected chi connectivity index (χ2v) is 5.14. The number of aliphatic hydroxyl groups excluding tert-OH is 1. The molecule has 0 amide bonds. The van der Waals surface area contributed by atoms with E-state index in [-0.39, 0.29) is 0 Å². The van der Waals surface area contributed by atoms with Gasteiger partial charge in [-0.25, -0.2) is 0 Å². The monoisotopic (exact) mass is 204 g/mol. The van der Waals surface area contributed by atoms with Gasteiger partial charge in [0, 0.05) is 6.61 Å². The van der Waals surface area contributed by atoms with Gasteiger partial charge in [0.25, 0.3) is 0 Å². The Labute approximate surface area is 92.1 Å². The molecule has 15 heavy (non-hydrogen) atoms. The lowest BCUT2D eigenvalue weighted by Gasteiger charge is -2.15. The van der Waals surface area contributed by atoms with E-state index in [1.165, 1.54) is 12.0 Å². The van der Waals surface area contributed by atoms with Crippen molar-refractivity contribution in [1.82, 2.24) is 0 Å². The van der Waals surface area contributed by atoms with Gasteiger partial charge in [0.2, 0.25) is 0 Å². The summed E-state index contributed by atoms with van der Waals surface area (Å²) in [5.74, 6) is 1.38. The van der Waals surface area contributed by atoms with Crippen molar-refractivity contribution in [2.75, 3.05) is 6.61 Å². The van der Waals surface area contributed by atoms with Crippen LogP contribution in [0.3, 0.4) is 0 Å². The summed E-state index contributed by atoms with van der Waals surface area (Å²) >= 11 is 0. The van der Waals surface area contributed by atoms with E-state index in [4.69, 9.17) is 5.11 Å². The molecule has 1 aromatic rings. The van der Waals surface area contributed by atoms with Crippen molar-refractivity contribution in [2.24, 2.45) is 11.3 Å². The maximum Gasteiger partial charge on any atom is 0.0436 e. The Hall–Kier alpha value is -0.820. The van der Waals surface area contributed by atoms with Gasteiger partial charge in [-0.3, -0.25) is 0 Å². The molecule has 0 saturated heterocycles. The highest BCUT2D eigenvalue weighted by Crippen LogP contribution is 2.60. The first kappa shape index (κ1) is 10.7. The number of aliphatic hydroxyl groups is 1. The molecule has 1 unspecified atom stereocenters. The summed E-state index contributed by atoms with van der Waals surface area (Å²) < 4.78 is 0. The number of rotatable bonds is 4. The van der Waals surface area contributed by atoms with Crippen LogP contribution in [0.1, 0.15) is 38.2 Å². The first-order valence-electron chi connectivity index (χ1n) is 5.83. The zero-order valence-corrected chi connectivity index (χ0v) is 9.61. The largest absolute Gasteiger partial charge is 0.396 e. The van der Waals surface area contributed by atoms with Gasteiger partial charge in [0.1, 0.15) is 0 Å². The van der Waals surface area contributed by atoms with Crippen LogP contribution in [0, 0.1) is 11.3 Å². The SMILES string of the molecule is CC(c1ccccc1)[C@@H]1C[C@]1(C)CCO. The molecule has 1 aromatic carbocycles. The Bertz CT molecular complexity index is 319. The molecule has 0 bridgehead atoms. The summed E-state index contributed by atoms with van der Waals surface area (Å²) in [5.41, 5.74) is 1.83. The zero-order chi connectivity index (χ0) is 10.9. The molecule has 1 heteroatoms. The predicted molar refractivity (Wildman–Crippen MR) is 62.8 cm³/mol. The zero-order valence-electron chi connectivity index (χ0n) is 9.61. The van der Waals surface area contributed by atoms with E-state index in [1.54, 1.807) is 0 Å². The van der Waals surface area contributed by atoms with Crippen LogP contribution in [0.4, 0.5) is 0 Å². The van der Waals surface area contributed by atoms with Crippen LogP contribution in [0.15, 0.2) is 30.3 Å². The van der Waals surface area contributed by atoms with Gasteiger partial charge in [-0.15, -0.1) is 0 Å². The summed E-state index contributed by atoms with van der Waals surface area (Å²) in [6.45, 7) is 4.93. The second kappa shape index (κ2) is 3.97.